The Kier molecular flexibility index (Phi) is 5.24. The number of nitrogens with zero attached hydrogens (tertiary/aromatic N) is 5. The fraction of sp³-hybridized carbons (Fsp3) is 0.462. The first-order chi connectivity index (χ1) is 16.8. The van der Waals surface area contributed by atoms with Gasteiger partial charge in [-0.2, -0.15) is 9.61 Å². The number of H-pyrrole nitrogens is 1. The molecule has 6 heterocycles. The topological polar surface area (TPSA) is 120 Å². The fourth-order valence-electron chi connectivity index (χ4n) is 6.01. The second-order valence-electron chi connectivity index (χ2n) is 10.5. The predicted molar refractivity (Wildman–Crippen MR) is 131 cm³/mol. The number of aliphatic hydroxyl groups excluding tert-OH is 1. The van der Waals surface area contributed by atoms with Crippen LogP contribution in [0.5, 0.6) is 0 Å². The molecular formula is C26H30N6O3. The number of hydrogen-bond acceptors (Lipinski definition) is 7. The molecule has 0 aromatic carbocycles. The summed E-state index contributed by atoms with van der Waals surface area (Å²) in [6.07, 6.45) is 9.31. The minimum absolute atomic E-state index is 0.291. The van der Waals surface area contributed by atoms with Gasteiger partial charge in [0.05, 0.1) is 17.6 Å². The van der Waals surface area contributed by atoms with Gasteiger partial charge in [0.15, 0.2) is 5.65 Å². The molecular weight excluding hydrogens is 444 g/mol. The Bertz CT molecular complexity index is 1370. The van der Waals surface area contributed by atoms with Crippen molar-refractivity contribution >= 4 is 23.0 Å². The Morgan fingerprint density at radius 2 is 1.97 bits per heavy atom. The predicted octanol–water partition coefficient (Wildman–Crippen LogP) is 2.77. The highest BCUT2D eigenvalue weighted by molar-refractivity contribution is 5.86. The number of rotatable bonds is 6. The maximum absolute atomic E-state index is 11.0. The Hall–Kier alpha value is -3.14. The van der Waals surface area contributed by atoms with Crippen LogP contribution in [0.2, 0.25) is 0 Å². The number of carbonyl (C=O) groups is 1. The number of aldehydes is 1. The van der Waals surface area contributed by atoms with Gasteiger partial charge in [0.2, 0.25) is 0 Å². The summed E-state index contributed by atoms with van der Waals surface area (Å²) in [5.41, 5.74) is 4.17. The molecule has 0 saturated carbocycles. The molecule has 182 valence electrons. The number of nitrogens with one attached hydrogen (secondary N) is 1. The molecule has 4 aromatic heterocycles. The largest absolute Gasteiger partial charge is 0.384 e. The molecule has 3 N–H and O–H groups in total. The van der Waals surface area contributed by atoms with Crippen molar-refractivity contribution in [3.05, 3.63) is 48.2 Å². The highest BCUT2D eigenvalue weighted by atomic mass is 16.3. The lowest BCUT2D eigenvalue weighted by atomic mass is 9.86. The van der Waals surface area contributed by atoms with Crippen LogP contribution in [0.25, 0.3) is 27.8 Å². The number of aromatic amines is 1. The van der Waals surface area contributed by atoms with Crippen molar-refractivity contribution in [3.63, 3.8) is 0 Å². The molecule has 2 unspecified atom stereocenters. The standard InChI is InChI=1S/C26H30N6O3/c1-26(2,35)22-6-3-15(11-28-22)21-12-29-32-24-20(7-8-27-24)23(30-25(21)32)16-9-17-4-5-18(10-16)31(17)13-19(34)14-33/h3,6-8,11-12,14,16-19,27,34-35H,4-5,9-10,13H2,1-2H3/t16?,17-,18+,19?. The SMILES string of the molecule is CC(C)(O)c1ccc(-c2cnn3c2nc(C2C[C@H]4CC[C@@H](C2)N4CC(O)C=O)c2cc[nH]c23)cn1. The molecule has 0 aliphatic carbocycles. The minimum Gasteiger partial charge on any atom is -0.384 e. The Morgan fingerprint density at radius 1 is 1.20 bits per heavy atom. The molecule has 4 aromatic rings. The van der Waals surface area contributed by atoms with E-state index in [9.17, 15) is 15.0 Å². The van der Waals surface area contributed by atoms with Crippen LogP contribution in [-0.4, -0.2) is 70.7 Å². The average Bonchev–Trinajstić information content (AvgIpc) is 3.54. The highest BCUT2D eigenvalue weighted by Crippen LogP contribution is 2.44. The van der Waals surface area contributed by atoms with Crippen LogP contribution < -0.4 is 0 Å². The van der Waals surface area contributed by atoms with Crippen molar-refractivity contribution < 1.29 is 15.0 Å². The number of fused-ring (bicyclic) bond motifs is 5. The molecule has 2 aliphatic heterocycles. The quantitative estimate of drug-likeness (QED) is 0.368. The van der Waals surface area contributed by atoms with Crippen molar-refractivity contribution in [2.45, 2.75) is 69.2 Å². The third-order valence-electron chi connectivity index (χ3n) is 7.71. The number of carbonyl (C=O) groups excluding carboxylic acids is 1. The molecule has 0 radical (unpaired) electrons. The van der Waals surface area contributed by atoms with Crippen LogP contribution in [0.1, 0.15) is 56.8 Å². The zero-order valence-electron chi connectivity index (χ0n) is 19.9. The summed E-state index contributed by atoms with van der Waals surface area (Å²) >= 11 is 0. The highest BCUT2D eigenvalue weighted by Gasteiger charge is 2.42. The van der Waals surface area contributed by atoms with Gasteiger partial charge >= 0.3 is 0 Å². The Labute approximate surface area is 202 Å². The van der Waals surface area contributed by atoms with Crippen molar-refractivity contribution in [1.29, 1.82) is 0 Å². The monoisotopic (exact) mass is 474 g/mol. The van der Waals surface area contributed by atoms with E-state index in [1.165, 1.54) is 0 Å². The smallest absolute Gasteiger partial charge is 0.165 e. The molecule has 2 fully saturated rings. The molecule has 2 saturated heterocycles. The van der Waals surface area contributed by atoms with Gasteiger partial charge in [-0.15, -0.1) is 0 Å². The van der Waals surface area contributed by atoms with Crippen molar-refractivity contribution in [2.75, 3.05) is 6.54 Å². The van der Waals surface area contributed by atoms with Gasteiger partial charge in [0, 0.05) is 53.5 Å². The summed E-state index contributed by atoms with van der Waals surface area (Å²) in [7, 11) is 0. The summed E-state index contributed by atoms with van der Waals surface area (Å²) in [5.74, 6) is 0.291. The van der Waals surface area contributed by atoms with Gasteiger partial charge in [0.1, 0.15) is 23.6 Å². The van der Waals surface area contributed by atoms with Gasteiger partial charge in [0.25, 0.3) is 0 Å². The first-order valence-corrected chi connectivity index (χ1v) is 12.3. The summed E-state index contributed by atoms with van der Waals surface area (Å²) in [5, 5.41) is 25.9. The van der Waals surface area contributed by atoms with E-state index in [1.807, 2.05) is 29.0 Å². The van der Waals surface area contributed by atoms with Gasteiger partial charge in [-0.25, -0.2) is 4.98 Å². The summed E-state index contributed by atoms with van der Waals surface area (Å²) < 4.78 is 1.85. The molecule has 35 heavy (non-hydrogen) atoms. The van der Waals surface area contributed by atoms with Gasteiger partial charge in [-0.1, -0.05) is 6.07 Å². The second kappa shape index (κ2) is 8.22. The molecule has 2 aliphatic rings. The van der Waals surface area contributed by atoms with Crippen LogP contribution >= 0.6 is 0 Å². The number of aliphatic hydroxyl groups is 2. The summed E-state index contributed by atoms with van der Waals surface area (Å²) in [6.45, 7) is 3.86. The van der Waals surface area contributed by atoms with Crippen LogP contribution in [0.3, 0.4) is 0 Å². The third kappa shape index (κ3) is 3.74. The molecule has 9 heteroatoms. The minimum atomic E-state index is -1.00. The van der Waals surface area contributed by atoms with E-state index in [0.29, 0.717) is 36.5 Å². The first-order valence-electron chi connectivity index (χ1n) is 12.3. The lowest BCUT2D eigenvalue weighted by Gasteiger charge is -2.39. The van der Waals surface area contributed by atoms with Crippen molar-refractivity contribution in [1.82, 2.24) is 29.5 Å². The van der Waals surface area contributed by atoms with E-state index in [-0.39, 0.29) is 0 Å². The lowest BCUT2D eigenvalue weighted by molar-refractivity contribution is -0.116. The van der Waals surface area contributed by atoms with Gasteiger partial charge in [-0.05, 0) is 51.7 Å². The van der Waals surface area contributed by atoms with E-state index in [1.54, 1.807) is 20.0 Å². The summed E-state index contributed by atoms with van der Waals surface area (Å²) in [4.78, 5) is 26.3. The van der Waals surface area contributed by atoms with E-state index < -0.39 is 11.7 Å². The van der Waals surface area contributed by atoms with Crippen molar-refractivity contribution in [3.8, 4) is 11.1 Å². The maximum atomic E-state index is 11.0. The van der Waals surface area contributed by atoms with Crippen LogP contribution in [0.15, 0.2) is 36.8 Å². The Morgan fingerprint density at radius 3 is 2.63 bits per heavy atom. The number of aromatic nitrogens is 5. The number of pyridine rings is 1. The van der Waals surface area contributed by atoms with Crippen LogP contribution in [-0.2, 0) is 10.4 Å². The second-order valence-corrected chi connectivity index (χ2v) is 10.5. The third-order valence-corrected chi connectivity index (χ3v) is 7.71. The van der Waals surface area contributed by atoms with E-state index in [4.69, 9.17) is 4.98 Å². The summed E-state index contributed by atoms with van der Waals surface area (Å²) in [6, 6.07) is 6.57. The number of piperidine rings is 1. The molecule has 0 amide bonds. The zero-order valence-corrected chi connectivity index (χ0v) is 19.9. The van der Waals surface area contributed by atoms with Crippen molar-refractivity contribution in [2.24, 2.45) is 0 Å². The molecule has 9 nitrogen and oxygen atoms in total. The molecule has 6 rings (SSSR count). The molecule has 0 spiro atoms. The zero-order chi connectivity index (χ0) is 24.3. The molecule has 4 atom stereocenters. The number of hydrogen-bond donors (Lipinski definition) is 3. The van der Waals surface area contributed by atoms with Gasteiger partial charge < -0.3 is 20.0 Å². The molecule has 2 bridgehead atoms. The maximum Gasteiger partial charge on any atom is 0.165 e. The van der Waals surface area contributed by atoms with E-state index in [0.717, 1.165) is 59.2 Å². The van der Waals surface area contributed by atoms with E-state index >= 15 is 0 Å². The van der Waals surface area contributed by atoms with E-state index in [2.05, 4.69) is 26.0 Å². The normalized spacial score (nSPS) is 23.8. The first kappa shape index (κ1) is 22.3. The average molecular weight is 475 g/mol. The lowest BCUT2D eigenvalue weighted by Crippen LogP contribution is -2.46. The fourth-order valence-corrected chi connectivity index (χ4v) is 6.01. The Balaban J connectivity index is 1.39. The van der Waals surface area contributed by atoms with Gasteiger partial charge in [-0.3, -0.25) is 9.88 Å². The van der Waals surface area contributed by atoms with Crippen LogP contribution in [0, 0.1) is 0 Å². The van der Waals surface area contributed by atoms with Crippen LogP contribution in [0.4, 0.5) is 0 Å².